The summed E-state index contributed by atoms with van der Waals surface area (Å²) >= 11 is 5.63. The van der Waals surface area contributed by atoms with Crippen molar-refractivity contribution in [3.05, 3.63) is 52.9 Å². The van der Waals surface area contributed by atoms with E-state index < -0.39 is 5.82 Å². The maximum absolute atomic E-state index is 13.5. The van der Waals surface area contributed by atoms with Crippen LogP contribution in [0.2, 0.25) is 5.02 Å². The fourth-order valence-electron chi connectivity index (χ4n) is 1.45. The Bertz CT molecular complexity index is 531. The highest BCUT2D eigenvalue weighted by atomic mass is 35.5. The monoisotopic (exact) mass is 251 g/mol. The molecule has 0 spiro atoms. The van der Waals surface area contributed by atoms with E-state index >= 15 is 0 Å². The van der Waals surface area contributed by atoms with Gasteiger partial charge in [-0.05, 0) is 17.7 Å². The molecule has 3 N–H and O–H groups in total. The van der Waals surface area contributed by atoms with Crippen LogP contribution in [0.3, 0.4) is 0 Å². The number of aromatic nitrogens is 1. The molecule has 1 aromatic carbocycles. The fraction of sp³-hybridized carbons (Fsp3) is 0.0833. The second kappa shape index (κ2) is 5.12. The van der Waals surface area contributed by atoms with Gasteiger partial charge in [-0.2, -0.15) is 0 Å². The summed E-state index contributed by atoms with van der Waals surface area (Å²) in [5, 5.41) is 3.16. The summed E-state index contributed by atoms with van der Waals surface area (Å²) < 4.78 is 13.5. The number of rotatable bonds is 3. The molecule has 2 aromatic rings. The number of anilines is 2. The summed E-state index contributed by atoms with van der Waals surface area (Å²) in [6.07, 6.45) is 1.39. The maximum atomic E-state index is 13.5. The minimum atomic E-state index is -0.496. The Kier molecular flexibility index (Phi) is 3.56. The Labute approximate surface area is 103 Å². The smallest absolute Gasteiger partial charge is 0.167 e. The lowest BCUT2D eigenvalue weighted by Gasteiger charge is -2.10. The van der Waals surface area contributed by atoms with E-state index in [1.807, 2.05) is 24.3 Å². The van der Waals surface area contributed by atoms with Crippen molar-refractivity contribution in [3.63, 3.8) is 0 Å². The Morgan fingerprint density at radius 3 is 2.82 bits per heavy atom. The van der Waals surface area contributed by atoms with E-state index in [9.17, 15) is 4.39 Å². The van der Waals surface area contributed by atoms with E-state index in [4.69, 9.17) is 17.3 Å². The zero-order valence-corrected chi connectivity index (χ0v) is 9.71. The van der Waals surface area contributed by atoms with Crippen molar-refractivity contribution in [2.45, 2.75) is 6.54 Å². The molecule has 0 saturated heterocycles. The van der Waals surface area contributed by atoms with Crippen LogP contribution in [0.25, 0.3) is 0 Å². The number of hydrogen-bond donors (Lipinski definition) is 2. The number of benzene rings is 1. The second-order valence-electron chi connectivity index (χ2n) is 3.47. The Balaban J connectivity index is 2.31. The van der Waals surface area contributed by atoms with Gasteiger partial charge in [0.1, 0.15) is 0 Å². The van der Waals surface area contributed by atoms with Gasteiger partial charge in [-0.1, -0.05) is 29.8 Å². The SMILES string of the molecule is NCc1ccccc1Nc1ncc(Cl)cc1F. The van der Waals surface area contributed by atoms with E-state index in [0.717, 1.165) is 11.3 Å². The lowest BCUT2D eigenvalue weighted by molar-refractivity contribution is 0.626. The molecular weight excluding hydrogens is 241 g/mol. The van der Waals surface area contributed by atoms with Crippen LogP contribution in [0.4, 0.5) is 15.9 Å². The van der Waals surface area contributed by atoms with E-state index in [0.29, 0.717) is 6.54 Å². The average molecular weight is 252 g/mol. The third kappa shape index (κ3) is 2.72. The molecule has 0 aliphatic rings. The number of nitrogens with one attached hydrogen (secondary N) is 1. The van der Waals surface area contributed by atoms with Gasteiger partial charge in [-0.3, -0.25) is 0 Å². The summed E-state index contributed by atoms with van der Waals surface area (Å²) in [7, 11) is 0. The van der Waals surface area contributed by atoms with E-state index in [1.165, 1.54) is 12.3 Å². The highest BCUT2D eigenvalue weighted by Gasteiger charge is 2.06. The normalized spacial score (nSPS) is 10.3. The average Bonchev–Trinajstić information content (AvgIpc) is 2.33. The van der Waals surface area contributed by atoms with Crippen LogP contribution in [-0.2, 0) is 6.54 Å². The molecule has 0 radical (unpaired) electrons. The van der Waals surface area contributed by atoms with Crippen LogP contribution in [0.5, 0.6) is 0 Å². The first-order chi connectivity index (χ1) is 8.20. The van der Waals surface area contributed by atoms with Crippen molar-refractivity contribution in [2.75, 3.05) is 5.32 Å². The first-order valence-corrected chi connectivity index (χ1v) is 5.44. The summed E-state index contributed by atoms with van der Waals surface area (Å²) in [5.41, 5.74) is 7.22. The molecule has 0 amide bonds. The summed E-state index contributed by atoms with van der Waals surface area (Å²) in [6.45, 7) is 0.373. The highest BCUT2D eigenvalue weighted by molar-refractivity contribution is 6.30. The molecule has 0 unspecified atom stereocenters. The minimum absolute atomic E-state index is 0.135. The molecule has 0 bridgehead atoms. The van der Waals surface area contributed by atoms with Crippen molar-refractivity contribution in [3.8, 4) is 0 Å². The highest BCUT2D eigenvalue weighted by Crippen LogP contribution is 2.22. The maximum Gasteiger partial charge on any atom is 0.167 e. The second-order valence-corrected chi connectivity index (χ2v) is 3.91. The predicted molar refractivity (Wildman–Crippen MR) is 66.8 cm³/mol. The number of halogens is 2. The van der Waals surface area contributed by atoms with Gasteiger partial charge in [0.2, 0.25) is 0 Å². The molecule has 3 nitrogen and oxygen atoms in total. The first-order valence-electron chi connectivity index (χ1n) is 5.06. The molecule has 1 heterocycles. The number of para-hydroxylation sites is 1. The van der Waals surface area contributed by atoms with Gasteiger partial charge in [-0.25, -0.2) is 9.37 Å². The third-order valence-corrected chi connectivity index (χ3v) is 2.50. The molecule has 2 rings (SSSR count). The van der Waals surface area contributed by atoms with Gasteiger partial charge in [0, 0.05) is 18.4 Å². The Hall–Kier alpha value is -1.65. The topological polar surface area (TPSA) is 50.9 Å². The molecular formula is C12H11ClFN3. The summed E-state index contributed by atoms with van der Waals surface area (Å²) in [6, 6.07) is 8.62. The van der Waals surface area contributed by atoms with Crippen molar-refractivity contribution in [2.24, 2.45) is 5.73 Å². The van der Waals surface area contributed by atoms with Crippen LogP contribution in [-0.4, -0.2) is 4.98 Å². The van der Waals surface area contributed by atoms with Gasteiger partial charge in [0.25, 0.3) is 0 Å². The molecule has 0 saturated carbocycles. The van der Waals surface area contributed by atoms with Crippen molar-refractivity contribution in [1.82, 2.24) is 4.98 Å². The summed E-state index contributed by atoms with van der Waals surface area (Å²) in [4.78, 5) is 3.89. The van der Waals surface area contributed by atoms with Crippen LogP contribution in [0, 0.1) is 5.82 Å². The van der Waals surface area contributed by atoms with Gasteiger partial charge >= 0.3 is 0 Å². The van der Waals surface area contributed by atoms with Crippen LogP contribution in [0.15, 0.2) is 36.5 Å². The number of pyridine rings is 1. The van der Waals surface area contributed by atoms with Crippen molar-refractivity contribution in [1.29, 1.82) is 0 Å². The number of nitrogens with two attached hydrogens (primary N) is 1. The van der Waals surface area contributed by atoms with E-state index in [-0.39, 0.29) is 10.8 Å². The molecule has 88 valence electrons. The fourth-order valence-corrected chi connectivity index (χ4v) is 1.60. The molecule has 17 heavy (non-hydrogen) atoms. The van der Waals surface area contributed by atoms with Crippen molar-refractivity contribution >= 4 is 23.1 Å². The van der Waals surface area contributed by atoms with E-state index in [2.05, 4.69) is 10.3 Å². The standard InChI is InChI=1S/C12H11ClFN3/c13-9-5-10(14)12(16-7-9)17-11-4-2-1-3-8(11)6-15/h1-5,7H,6,15H2,(H,16,17). The molecule has 0 aliphatic heterocycles. The van der Waals surface area contributed by atoms with Crippen LogP contribution in [0.1, 0.15) is 5.56 Å². The predicted octanol–water partition coefficient (Wildman–Crippen LogP) is 3.08. The number of hydrogen-bond acceptors (Lipinski definition) is 3. The molecule has 0 fully saturated rings. The largest absolute Gasteiger partial charge is 0.338 e. The molecule has 0 aliphatic carbocycles. The minimum Gasteiger partial charge on any atom is -0.338 e. The molecule has 1 aromatic heterocycles. The van der Waals surface area contributed by atoms with E-state index in [1.54, 1.807) is 0 Å². The van der Waals surface area contributed by atoms with Crippen molar-refractivity contribution < 1.29 is 4.39 Å². The Morgan fingerprint density at radius 1 is 1.35 bits per heavy atom. The van der Waals surface area contributed by atoms with Crippen LogP contribution >= 0.6 is 11.6 Å². The first kappa shape index (κ1) is 11.8. The number of nitrogens with zero attached hydrogens (tertiary/aromatic N) is 1. The zero-order valence-electron chi connectivity index (χ0n) is 8.95. The lowest BCUT2D eigenvalue weighted by atomic mass is 10.2. The van der Waals surface area contributed by atoms with Crippen LogP contribution < -0.4 is 11.1 Å². The van der Waals surface area contributed by atoms with Gasteiger partial charge < -0.3 is 11.1 Å². The molecule has 5 heteroatoms. The van der Waals surface area contributed by atoms with Gasteiger partial charge in [0.15, 0.2) is 11.6 Å². The Morgan fingerprint density at radius 2 is 2.12 bits per heavy atom. The lowest BCUT2D eigenvalue weighted by Crippen LogP contribution is -2.03. The quantitative estimate of drug-likeness (QED) is 0.881. The molecule has 0 atom stereocenters. The third-order valence-electron chi connectivity index (χ3n) is 2.30. The summed E-state index contributed by atoms with van der Waals surface area (Å²) in [5.74, 6) is -0.361. The van der Waals surface area contributed by atoms with Gasteiger partial charge in [-0.15, -0.1) is 0 Å². The van der Waals surface area contributed by atoms with Gasteiger partial charge in [0.05, 0.1) is 5.02 Å². The zero-order chi connectivity index (χ0) is 12.3.